The van der Waals surface area contributed by atoms with Gasteiger partial charge in [0.25, 0.3) is 5.91 Å². The van der Waals surface area contributed by atoms with Crippen LogP contribution in [0.2, 0.25) is 5.02 Å². The predicted molar refractivity (Wildman–Crippen MR) is 75.3 cm³/mol. The highest BCUT2D eigenvalue weighted by Crippen LogP contribution is 2.19. The Labute approximate surface area is 118 Å². The van der Waals surface area contributed by atoms with Crippen molar-refractivity contribution in [2.45, 2.75) is 31.9 Å². The maximum Gasteiger partial charge on any atom is 0.263 e. The number of nitrogens with two attached hydrogens (primary N) is 1. The SMILES string of the molecule is CC(Oc1cccc(Cl)c1)C(=O)N1CCC(N)CC1. The molecule has 2 rings (SSSR count). The Balaban J connectivity index is 1.92. The Bertz CT molecular complexity index is 445. The fraction of sp³-hybridized carbons (Fsp3) is 0.500. The number of halogens is 1. The first-order chi connectivity index (χ1) is 9.06. The molecule has 1 atom stereocenters. The first-order valence-corrected chi connectivity index (χ1v) is 6.90. The summed E-state index contributed by atoms with van der Waals surface area (Å²) in [5.41, 5.74) is 5.83. The van der Waals surface area contributed by atoms with Crippen LogP contribution in [0.3, 0.4) is 0 Å². The lowest BCUT2D eigenvalue weighted by molar-refractivity contribution is -0.139. The third kappa shape index (κ3) is 3.85. The minimum atomic E-state index is -0.507. The van der Waals surface area contributed by atoms with Crippen LogP contribution >= 0.6 is 11.6 Å². The quantitative estimate of drug-likeness (QED) is 0.923. The monoisotopic (exact) mass is 282 g/mol. The maximum atomic E-state index is 12.2. The molecule has 4 nitrogen and oxygen atoms in total. The number of rotatable bonds is 3. The van der Waals surface area contributed by atoms with Gasteiger partial charge in [-0.1, -0.05) is 17.7 Å². The molecular formula is C14H19ClN2O2. The molecule has 5 heteroatoms. The number of carbonyl (C=O) groups is 1. The Hall–Kier alpha value is -1.26. The molecule has 1 aromatic rings. The third-order valence-corrected chi connectivity index (χ3v) is 3.54. The predicted octanol–water partition coefficient (Wildman–Crippen LogP) is 2.06. The highest BCUT2D eigenvalue weighted by molar-refractivity contribution is 6.30. The lowest BCUT2D eigenvalue weighted by atomic mass is 10.1. The molecule has 1 fully saturated rings. The molecule has 0 aliphatic carbocycles. The van der Waals surface area contributed by atoms with Crippen LogP contribution in [0, 0.1) is 0 Å². The van der Waals surface area contributed by atoms with Gasteiger partial charge in [0.2, 0.25) is 0 Å². The van der Waals surface area contributed by atoms with E-state index < -0.39 is 6.10 Å². The summed E-state index contributed by atoms with van der Waals surface area (Å²) >= 11 is 5.88. The van der Waals surface area contributed by atoms with E-state index in [4.69, 9.17) is 22.1 Å². The maximum absolute atomic E-state index is 12.2. The van der Waals surface area contributed by atoms with Crippen molar-refractivity contribution in [1.29, 1.82) is 0 Å². The molecular weight excluding hydrogens is 264 g/mol. The smallest absolute Gasteiger partial charge is 0.263 e. The normalized spacial score (nSPS) is 18.2. The number of hydrogen-bond acceptors (Lipinski definition) is 3. The molecule has 1 unspecified atom stereocenters. The zero-order valence-corrected chi connectivity index (χ0v) is 11.8. The number of likely N-dealkylation sites (tertiary alicyclic amines) is 1. The molecule has 1 aromatic carbocycles. The van der Waals surface area contributed by atoms with E-state index in [2.05, 4.69) is 0 Å². The van der Waals surface area contributed by atoms with Gasteiger partial charge in [-0.05, 0) is 38.0 Å². The van der Waals surface area contributed by atoms with Gasteiger partial charge in [0.1, 0.15) is 5.75 Å². The van der Waals surface area contributed by atoms with Gasteiger partial charge in [-0.15, -0.1) is 0 Å². The fourth-order valence-corrected chi connectivity index (χ4v) is 2.35. The second-order valence-corrected chi connectivity index (χ2v) is 5.32. The minimum Gasteiger partial charge on any atom is -0.481 e. The van der Waals surface area contributed by atoms with Gasteiger partial charge in [0, 0.05) is 24.2 Å². The summed E-state index contributed by atoms with van der Waals surface area (Å²) in [6.07, 6.45) is 1.21. The Morgan fingerprint density at radius 2 is 2.16 bits per heavy atom. The van der Waals surface area contributed by atoms with Crippen molar-refractivity contribution in [3.63, 3.8) is 0 Å². The van der Waals surface area contributed by atoms with Gasteiger partial charge in [0.15, 0.2) is 6.10 Å². The van der Waals surface area contributed by atoms with Gasteiger partial charge in [0.05, 0.1) is 0 Å². The summed E-state index contributed by atoms with van der Waals surface area (Å²) in [6.45, 7) is 3.18. The number of hydrogen-bond donors (Lipinski definition) is 1. The molecule has 1 heterocycles. The highest BCUT2D eigenvalue weighted by atomic mass is 35.5. The fourth-order valence-electron chi connectivity index (χ4n) is 2.17. The van der Waals surface area contributed by atoms with Crippen LogP contribution < -0.4 is 10.5 Å². The standard InChI is InChI=1S/C14H19ClN2O2/c1-10(19-13-4-2-3-11(15)9-13)14(18)17-7-5-12(16)6-8-17/h2-4,9-10,12H,5-8,16H2,1H3. The first kappa shape index (κ1) is 14.2. The number of benzene rings is 1. The Morgan fingerprint density at radius 1 is 1.47 bits per heavy atom. The lowest BCUT2D eigenvalue weighted by Gasteiger charge is -2.32. The van der Waals surface area contributed by atoms with E-state index in [0.717, 1.165) is 12.8 Å². The lowest BCUT2D eigenvalue weighted by Crippen LogP contribution is -2.47. The number of nitrogens with zero attached hydrogens (tertiary/aromatic N) is 1. The van der Waals surface area contributed by atoms with E-state index in [1.165, 1.54) is 0 Å². The largest absolute Gasteiger partial charge is 0.481 e. The first-order valence-electron chi connectivity index (χ1n) is 6.53. The van der Waals surface area contributed by atoms with Crippen LogP contribution in [0.5, 0.6) is 5.75 Å². The minimum absolute atomic E-state index is 0.00637. The van der Waals surface area contributed by atoms with Crippen molar-refractivity contribution in [2.75, 3.05) is 13.1 Å². The second-order valence-electron chi connectivity index (χ2n) is 4.88. The third-order valence-electron chi connectivity index (χ3n) is 3.31. The zero-order valence-electron chi connectivity index (χ0n) is 11.0. The molecule has 19 heavy (non-hydrogen) atoms. The molecule has 1 aliphatic heterocycles. The van der Waals surface area contributed by atoms with E-state index in [1.807, 2.05) is 4.90 Å². The summed E-state index contributed by atoms with van der Waals surface area (Å²) < 4.78 is 5.63. The second kappa shape index (κ2) is 6.26. The summed E-state index contributed by atoms with van der Waals surface area (Å²) in [4.78, 5) is 14.0. The molecule has 0 aromatic heterocycles. The molecule has 104 valence electrons. The van der Waals surface area contributed by atoms with Crippen LogP contribution in [-0.4, -0.2) is 36.0 Å². The molecule has 1 aliphatic rings. The van der Waals surface area contributed by atoms with Crippen molar-refractivity contribution in [1.82, 2.24) is 4.90 Å². The van der Waals surface area contributed by atoms with Crippen molar-refractivity contribution < 1.29 is 9.53 Å². The topological polar surface area (TPSA) is 55.6 Å². The number of carbonyl (C=O) groups excluding carboxylic acids is 1. The van der Waals surface area contributed by atoms with Crippen molar-refractivity contribution in [3.8, 4) is 5.75 Å². The van der Waals surface area contributed by atoms with Crippen LogP contribution in [0.4, 0.5) is 0 Å². The van der Waals surface area contributed by atoms with Gasteiger partial charge < -0.3 is 15.4 Å². The van der Waals surface area contributed by atoms with Crippen LogP contribution in [0.1, 0.15) is 19.8 Å². The number of ether oxygens (including phenoxy) is 1. The van der Waals surface area contributed by atoms with E-state index in [9.17, 15) is 4.79 Å². The van der Waals surface area contributed by atoms with Crippen LogP contribution in [0.25, 0.3) is 0 Å². The molecule has 0 bridgehead atoms. The number of piperidine rings is 1. The molecule has 1 amide bonds. The Morgan fingerprint density at radius 3 is 2.79 bits per heavy atom. The number of amides is 1. The van der Waals surface area contributed by atoms with Crippen LogP contribution in [-0.2, 0) is 4.79 Å². The van der Waals surface area contributed by atoms with Gasteiger partial charge in [-0.2, -0.15) is 0 Å². The van der Waals surface area contributed by atoms with E-state index in [0.29, 0.717) is 23.9 Å². The van der Waals surface area contributed by atoms with Gasteiger partial charge in [-0.25, -0.2) is 0 Å². The van der Waals surface area contributed by atoms with Crippen molar-refractivity contribution in [3.05, 3.63) is 29.3 Å². The summed E-state index contributed by atoms with van der Waals surface area (Å²) in [5, 5.41) is 0.598. The van der Waals surface area contributed by atoms with Crippen molar-refractivity contribution >= 4 is 17.5 Å². The zero-order chi connectivity index (χ0) is 13.8. The average molecular weight is 283 g/mol. The van der Waals surface area contributed by atoms with E-state index in [1.54, 1.807) is 31.2 Å². The summed E-state index contributed by atoms with van der Waals surface area (Å²) in [6, 6.07) is 7.29. The van der Waals surface area contributed by atoms with E-state index >= 15 is 0 Å². The van der Waals surface area contributed by atoms with Crippen molar-refractivity contribution in [2.24, 2.45) is 5.73 Å². The summed E-state index contributed by atoms with van der Waals surface area (Å²) in [5.74, 6) is 0.619. The molecule has 0 spiro atoms. The van der Waals surface area contributed by atoms with Gasteiger partial charge >= 0.3 is 0 Å². The summed E-state index contributed by atoms with van der Waals surface area (Å²) in [7, 11) is 0. The molecule has 1 saturated heterocycles. The average Bonchev–Trinajstić information content (AvgIpc) is 2.39. The van der Waals surface area contributed by atoms with Crippen LogP contribution in [0.15, 0.2) is 24.3 Å². The van der Waals surface area contributed by atoms with Gasteiger partial charge in [-0.3, -0.25) is 4.79 Å². The Kier molecular flexibility index (Phi) is 4.66. The van der Waals surface area contributed by atoms with E-state index in [-0.39, 0.29) is 11.9 Å². The molecule has 0 radical (unpaired) electrons. The molecule has 0 saturated carbocycles. The molecule has 2 N–H and O–H groups in total. The highest BCUT2D eigenvalue weighted by Gasteiger charge is 2.25.